The Labute approximate surface area is 173 Å². The predicted molar refractivity (Wildman–Crippen MR) is 97.9 cm³/mol. The Balaban J connectivity index is 1.42. The fraction of sp³-hybridized carbons (Fsp3) is 0.714. The average molecular weight is 422 g/mol. The fourth-order valence-corrected chi connectivity index (χ4v) is 5.73. The molecule has 2 unspecified atom stereocenters. The van der Waals surface area contributed by atoms with E-state index < -0.39 is 35.9 Å². The van der Waals surface area contributed by atoms with Gasteiger partial charge in [0.05, 0.1) is 0 Å². The number of ether oxygens (including phenoxy) is 3. The van der Waals surface area contributed by atoms with Crippen molar-refractivity contribution < 1.29 is 43.1 Å². The lowest BCUT2D eigenvalue weighted by Gasteiger charge is -2.59. The van der Waals surface area contributed by atoms with Crippen LogP contribution in [0.3, 0.4) is 0 Å². The van der Waals surface area contributed by atoms with Gasteiger partial charge in [-0.1, -0.05) is 13.8 Å². The molecule has 0 aromatic carbocycles. The number of hydrogen-bond donors (Lipinski definition) is 1. The molecule has 1 aromatic rings. The molecule has 2 bridgehead atoms. The fourth-order valence-electron chi connectivity index (χ4n) is 5.73. The van der Waals surface area contributed by atoms with Crippen molar-refractivity contribution in [2.24, 2.45) is 23.7 Å². The average Bonchev–Trinajstić information content (AvgIpc) is 3.09. The predicted octanol–water partition coefficient (Wildman–Crippen LogP) is 3.34. The molecule has 0 radical (unpaired) electrons. The van der Waals surface area contributed by atoms with Crippen LogP contribution in [0, 0.1) is 23.7 Å². The van der Waals surface area contributed by atoms with E-state index in [0.717, 1.165) is 19.3 Å². The topological polar surface area (TPSA) is 114 Å². The van der Waals surface area contributed by atoms with Gasteiger partial charge in [-0.05, 0) is 50.2 Å². The first-order valence-electron chi connectivity index (χ1n) is 10.5. The van der Waals surface area contributed by atoms with Gasteiger partial charge in [-0.25, -0.2) is 19.4 Å². The number of carboxylic acids is 1. The molecule has 1 saturated carbocycles. The van der Waals surface area contributed by atoms with Crippen LogP contribution < -0.4 is 0 Å². The van der Waals surface area contributed by atoms with Crippen LogP contribution in [0.25, 0.3) is 0 Å². The van der Waals surface area contributed by atoms with Gasteiger partial charge in [0.1, 0.15) is 0 Å². The molecule has 30 heavy (non-hydrogen) atoms. The van der Waals surface area contributed by atoms with E-state index >= 15 is 0 Å². The number of fused-ring (bicyclic) bond motifs is 2. The molecule has 1 N–H and O–H groups in total. The highest BCUT2D eigenvalue weighted by atomic mass is 17.3. The first-order chi connectivity index (χ1) is 14.2. The standard InChI is InChI=1S/C21H26O9/c1-10-4-5-13-11(2)18(26-17(24)15-7-6-14(25-15)16(22)23)27-19-21(13)12(10)8-9-20(3,28-19)29-30-21/h6-7,10-13,18-19H,4-5,8-9H2,1-3H3,(H,22,23)/t10-,11-,12+,13?,18-,19-,20+,21?/m1/s1. The summed E-state index contributed by atoms with van der Waals surface area (Å²) in [5, 5.41) is 8.99. The summed E-state index contributed by atoms with van der Waals surface area (Å²) in [7, 11) is 0. The van der Waals surface area contributed by atoms with Crippen LogP contribution in [-0.4, -0.2) is 41.0 Å². The maximum atomic E-state index is 12.6. The first-order valence-corrected chi connectivity index (χ1v) is 10.5. The zero-order chi connectivity index (χ0) is 21.3. The van der Waals surface area contributed by atoms with Gasteiger partial charge >= 0.3 is 11.9 Å². The number of carboxylic acid groups (broad SMARTS) is 1. The van der Waals surface area contributed by atoms with Crippen molar-refractivity contribution in [3.8, 4) is 0 Å². The molecule has 1 spiro atoms. The second-order valence-electron chi connectivity index (χ2n) is 9.15. The zero-order valence-electron chi connectivity index (χ0n) is 17.2. The highest BCUT2D eigenvalue weighted by Crippen LogP contribution is 2.60. The van der Waals surface area contributed by atoms with Crippen LogP contribution in [0.15, 0.2) is 16.5 Å². The summed E-state index contributed by atoms with van der Waals surface area (Å²) in [5.74, 6) is -2.97. The van der Waals surface area contributed by atoms with Crippen molar-refractivity contribution in [1.82, 2.24) is 0 Å². The normalized spacial score (nSPS) is 44.8. The molecule has 5 fully saturated rings. The Kier molecular flexibility index (Phi) is 4.52. The number of hydrogen-bond acceptors (Lipinski definition) is 8. The Hall–Kier alpha value is -1.94. The molecule has 8 atom stereocenters. The number of aromatic carboxylic acids is 1. The molecule has 4 aliphatic heterocycles. The number of carbonyl (C=O) groups is 2. The summed E-state index contributed by atoms with van der Waals surface area (Å²) in [6, 6.07) is 2.49. The van der Waals surface area contributed by atoms with Crippen molar-refractivity contribution >= 4 is 11.9 Å². The van der Waals surface area contributed by atoms with Crippen molar-refractivity contribution in [3.05, 3.63) is 23.7 Å². The minimum Gasteiger partial charge on any atom is -0.475 e. The van der Waals surface area contributed by atoms with Crippen molar-refractivity contribution in [2.75, 3.05) is 0 Å². The van der Waals surface area contributed by atoms with E-state index in [4.69, 9.17) is 33.5 Å². The molecule has 9 heteroatoms. The summed E-state index contributed by atoms with van der Waals surface area (Å²) in [6.07, 6.45) is 1.92. The summed E-state index contributed by atoms with van der Waals surface area (Å²) in [6.45, 7) is 6.02. The van der Waals surface area contributed by atoms with Gasteiger partial charge in [0.2, 0.25) is 23.6 Å². The lowest BCUT2D eigenvalue weighted by Crippen LogP contribution is -2.70. The van der Waals surface area contributed by atoms with Crippen molar-refractivity contribution in [3.63, 3.8) is 0 Å². The highest BCUT2D eigenvalue weighted by Gasteiger charge is 2.69. The van der Waals surface area contributed by atoms with Crippen LogP contribution in [0.2, 0.25) is 0 Å². The largest absolute Gasteiger partial charge is 0.475 e. The SMILES string of the molecule is C[C@@H]1CCC2[C@@H](C)[C@H](OC(=O)c3ccc(C(=O)O)o3)O[C@@H]3O[C@]4(C)CC[C@@H]1C23OO4. The summed E-state index contributed by atoms with van der Waals surface area (Å²) >= 11 is 0. The van der Waals surface area contributed by atoms with Gasteiger partial charge in [-0.2, -0.15) is 0 Å². The third-order valence-corrected chi connectivity index (χ3v) is 7.34. The molecule has 1 aromatic heterocycles. The molecule has 164 valence electrons. The molecule has 0 amide bonds. The lowest BCUT2D eigenvalue weighted by molar-refractivity contribution is -0.576. The maximum absolute atomic E-state index is 12.6. The number of furan rings is 1. The van der Waals surface area contributed by atoms with E-state index in [0.29, 0.717) is 12.3 Å². The third kappa shape index (κ3) is 2.83. The molecular formula is C21H26O9. The van der Waals surface area contributed by atoms with Crippen LogP contribution in [0.4, 0.5) is 0 Å². The third-order valence-electron chi connectivity index (χ3n) is 7.34. The second kappa shape index (κ2) is 6.78. The molecule has 5 heterocycles. The van der Waals surface area contributed by atoms with Gasteiger partial charge in [0, 0.05) is 18.3 Å². The van der Waals surface area contributed by atoms with Crippen molar-refractivity contribution in [1.29, 1.82) is 0 Å². The van der Waals surface area contributed by atoms with Gasteiger partial charge in [0.25, 0.3) is 0 Å². The van der Waals surface area contributed by atoms with E-state index in [-0.39, 0.29) is 29.3 Å². The Morgan fingerprint density at radius 2 is 1.87 bits per heavy atom. The Morgan fingerprint density at radius 1 is 1.10 bits per heavy atom. The second-order valence-corrected chi connectivity index (χ2v) is 9.15. The molecular weight excluding hydrogens is 396 g/mol. The minimum atomic E-state index is -1.26. The summed E-state index contributed by atoms with van der Waals surface area (Å²) < 4.78 is 23.1. The minimum absolute atomic E-state index is 0.0177. The highest BCUT2D eigenvalue weighted by molar-refractivity contribution is 5.90. The maximum Gasteiger partial charge on any atom is 0.376 e. The van der Waals surface area contributed by atoms with E-state index in [2.05, 4.69) is 6.92 Å². The van der Waals surface area contributed by atoms with Gasteiger partial charge in [-0.3, -0.25) is 0 Å². The smallest absolute Gasteiger partial charge is 0.376 e. The number of rotatable bonds is 3. The monoisotopic (exact) mass is 422 g/mol. The summed E-state index contributed by atoms with van der Waals surface area (Å²) in [4.78, 5) is 35.4. The van der Waals surface area contributed by atoms with Crippen molar-refractivity contribution in [2.45, 2.75) is 70.4 Å². The Morgan fingerprint density at radius 3 is 2.60 bits per heavy atom. The zero-order valence-corrected chi connectivity index (χ0v) is 17.2. The van der Waals surface area contributed by atoms with Crippen LogP contribution in [0.5, 0.6) is 0 Å². The van der Waals surface area contributed by atoms with Crippen LogP contribution in [-0.2, 0) is 24.0 Å². The Bertz CT molecular complexity index is 864. The van der Waals surface area contributed by atoms with E-state index in [1.165, 1.54) is 12.1 Å². The van der Waals surface area contributed by atoms with E-state index in [9.17, 15) is 9.59 Å². The molecule has 1 aliphatic carbocycles. The molecule has 9 nitrogen and oxygen atoms in total. The molecule has 5 aliphatic rings. The van der Waals surface area contributed by atoms with Gasteiger partial charge in [0.15, 0.2) is 11.9 Å². The number of esters is 1. The quantitative estimate of drug-likeness (QED) is 0.578. The first kappa shape index (κ1) is 20.0. The summed E-state index contributed by atoms with van der Waals surface area (Å²) in [5.41, 5.74) is -0.739. The molecule has 4 saturated heterocycles. The van der Waals surface area contributed by atoms with E-state index in [1.54, 1.807) is 0 Å². The van der Waals surface area contributed by atoms with E-state index in [1.807, 2.05) is 13.8 Å². The molecule has 6 rings (SSSR count). The van der Waals surface area contributed by atoms with Gasteiger partial charge in [-0.15, -0.1) is 0 Å². The van der Waals surface area contributed by atoms with Gasteiger partial charge < -0.3 is 23.7 Å². The van der Waals surface area contributed by atoms with Crippen LogP contribution >= 0.6 is 0 Å². The number of carbonyl (C=O) groups excluding carboxylic acids is 1. The lowest BCUT2D eigenvalue weighted by atomic mass is 9.58. The van der Waals surface area contributed by atoms with Crippen LogP contribution in [0.1, 0.15) is 67.6 Å².